The number of nitro groups is 1. The third-order valence-corrected chi connectivity index (χ3v) is 3.61. The summed E-state index contributed by atoms with van der Waals surface area (Å²) in [7, 11) is 0. The van der Waals surface area contributed by atoms with Crippen LogP contribution in [-0.2, 0) is 0 Å². The molecule has 1 unspecified atom stereocenters. The minimum Gasteiger partial charge on any atom is -0.338 e. The predicted molar refractivity (Wildman–Crippen MR) is 78.4 cm³/mol. The van der Waals surface area contributed by atoms with E-state index >= 15 is 0 Å². The first kappa shape index (κ1) is 16.7. The fourth-order valence-electron chi connectivity index (χ4n) is 2.25. The summed E-state index contributed by atoms with van der Waals surface area (Å²) in [6, 6.07) is 4.38. The van der Waals surface area contributed by atoms with Crippen molar-refractivity contribution in [3.8, 4) is 0 Å². The van der Waals surface area contributed by atoms with Crippen LogP contribution in [0, 0.1) is 16.0 Å². The monoisotopic (exact) mass is 319 g/mol. The molecule has 8 heteroatoms. The van der Waals surface area contributed by atoms with Gasteiger partial charge in [0.25, 0.3) is 5.91 Å². The number of nitrogens with zero attached hydrogens (tertiary/aromatic N) is 2. The third-order valence-electron chi connectivity index (χ3n) is 3.31. The maximum Gasteiger partial charge on any atom is 0.300 e. The highest BCUT2D eigenvalue weighted by Crippen LogP contribution is 2.30. The van der Waals surface area contributed by atoms with Crippen LogP contribution in [0.3, 0.4) is 0 Å². The Labute approximate surface area is 127 Å². The van der Waals surface area contributed by atoms with Crippen molar-refractivity contribution in [1.29, 1.82) is 0 Å². The second-order valence-corrected chi connectivity index (χ2v) is 4.94. The number of hydrogen-bond acceptors (Lipinski definition) is 4. The van der Waals surface area contributed by atoms with Crippen molar-refractivity contribution in [3.63, 3.8) is 0 Å². The van der Waals surface area contributed by atoms with Gasteiger partial charge in [-0.05, 0) is 31.0 Å². The summed E-state index contributed by atoms with van der Waals surface area (Å²) in [5, 5.41) is 11.0. The van der Waals surface area contributed by atoms with Crippen LogP contribution in [0.5, 0.6) is 0 Å². The SMILES string of the molecule is Cl.NCC1CCN(C(=O)c2cccc(Cl)c2[N+](=O)[O-])C1. The standard InChI is InChI=1S/C12H14ClN3O3.ClH/c13-10-3-1-2-9(11(10)16(18)19)12(17)15-5-4-8(6-14)7-15;/h1-3,8H,4-7,14H2;1H. The van der Waals surface area contributed by atoms with Gasteiger partial charge in [0, 0.05) is 13.1 Å². The number of rotatable bonds is 3. The Kier molecular flexibility index (Phi) is 5.74. The van der Waals surface area contributed by atoms with E-state index in [9.17, 15) is 14.9 Å². The number of nitrogens with two attached hydrogens (primary N) is 1. The summed E-state index contributed by atoms with van der Waals surface area (Å²) in [5.74, 6) is -0.0904. The number of para-hydroxylation sites is 1. The van der Waals surface area contributed by atoms with Crippen molar-refractivity contribution in [3.05, 3.63) is 38.9 Å². The second-order valence-electron chi connectivity index (χ2n) is 4.53. The lowest BCUT2D eigenvalue weighted by Gasteiger charge is -2.16. The topological polar surface area (TPSA) is 89.5 Å². The number of carbonyl (C=O) groups is 1. The molecule has 1 aliphatic heterocycles. The summed E-state index contributed by atoms with van der Waals surface area (Å²) < 4.78 is 0. The lowest BCUT2D eigenvalue weighted by molar-refractivity contribution is -0.385. The second kappa shape index (κ2) is 6.88. The van der Waals surface area contributed by atoms with E-state index < -0.39 is 4.92 Å². The molecule has 0 bridgehead atoms. The highest BCUT2D eigenvalue weighted by atomic mass is 35.5. The first-order valence-corrected chi connectivity index (χ1v) is 6.34. The van der Waals surface area contributed by atoms with E-state index in [1.165, 1.54) is 12.1 Å². The first-order chi connectivity index (χ1) is 9.04. The van der Waals surface area contributed by atoms with Crippen LogP contribution in [0.1, 0.15) is 16.8 Å². The van der Waals surface area contributed by atoms with Gasteiger partial charge in [-0.1, -0.05) is 17.7 Å². The zero-order valence-corrected chi connectivity index (χ0v) is 12.2. The first-order valence-electron chi connectivity index (χ1n) is 5.96. The van der Waals surface area contributed by atoms with Crippen LogP contribution in [0.2, 0.25) is 5.02 Å². The molecule has 0 saturated carbocycles. The minimum atomic E-state index is -0.619. The number of halogens is 2. The van der Waals surface area contributed by atoms with E-state index in [1.807, 2.05) is 0 Å². The fraction of sp³-hybridized carbons (Fsp3) is 0.417. The van der Waals surface area contributed by atoms with Gasteiger partial charge < -0.3 is 10.6 Å². The van der Waals surface area contributed by atoms with Crippen molar-refractivity contribution >= 4 is 35.6 Å². The molecule has 20 heavy (non-hydrogen) atoms. The Morgan fingerprint density at radius 2 is 2.25 bits per heavy atom. The molecule has 1 saturated heterocycles. The molecule has 1 amide bonds. The molecule has 1 aliphatic rings. The molecule has 1 aromatic rings. The Morgan fingerprint density at radius 1 is 1.55 bits per heavy atom. The lowest BCUT2D eigenvalue weighted by Crippen LogP contribution is -2.30. The van der Waals surface area contributed by atoms with Crippen molar-refractivity contribution in [1.82, 2.24) is 4.90 Å². The molecule has 1 fully saturated rings. The van der Waals surface area contributed by atoms with Gasteiger partial charge in [-0.15, -0.1) is 12.4 Å². The summed E-state index contributed by atoms with van der Waals surface area (Å²) in [6.45, 7) is 1.63. The quantitative estimate of drug-likeness (QED) is 0.682. The predicted octanol–water partition coefficient (Wildman–Crippen LogP) is 2.09. The van der Waals surface area contributed by atoms with E-state index in [0.717, 1.165) is 6.42 Å². The van der Waals surface area contributed by atoms with Crippen LogP contribution < -0.4 is 5.73 Å². The Balaban J connectivity index is 0.00000200. The van der Waals surface area contributed by atoms with Gasteiger partial charge in [0.2, 0.25) is 0 Å². The van der Waals surface area contributed by atoms with Gasteiger partial charge in [-0.25, -0.2) is 0 Å². The van der Waals surface area contributed by atoms with E-state index in [-0.39, 0.29) is 40.5 Å². The van der Waals surface area contributed by atoms with Crippen molar-refractivity contribution in [2.75, 3.05) is 19.6 Å². The molecular weight excluding hydrogens is 305 g/mol. The van der Waals surface area contributed by atoms with Crippen LogP contribution in [-0.4, -0.2) is 35.4 Å². The highest BCUT2D eigenvalue weighted by molar-refractivity contribution is 6.33. The zero-order valence-electron chi connectivity index (χ0n) is 10.6. The molecule has 2 rings (SSSR count). The molecular formula is C12H15Cl2N3O3. The van der Waals surface area contributed by atoms with Gasteiger partial charge in [-0.3, -0.25) is 14.9 Å². The summed E-state index contributed by atoms with van der Waals surface area (Å²) in [4.78, 5) is 24.3. The Bertz CT molecular complexity index is 525. The summed E-state index contributed by atoms with van der Waals surface area (Å²) in [5.41, 5.74) is 5.28. The van der Waals surface area contributed by atoms with Crippen LogP contribution >= 0.6 is 24.0 Å². The lowest BCUT2D eigenvalue weighted by atomic mass is 10.1. The van der Waals surface area contributed by atoms with Gasteiger partial charge >= 0.3 is 5.69 Å². The van der Waals surface area contributed by atoms with Crippen molar-refractivity contribution in [2.45, 2.75) is 6.42 Å². The van der Waals surface area contributed by atoms with E-state index in [0.29, 0.717) is 19.6 Å². The number of amides is 1. The molecule has 6 nitrogen and oxygen atoms in total. The van der Waals surface area contributed by atoms with Crippen LogP contribution in [0.25, 0.3) is 0 Å². The number of hydrogen-bond donors (Lipinski definition) is 1. The molecule has 0 aliphatic carbocycles. The largest absolute Gasteiger partial charge is 0.338 e. The minimum absolute atomic E-state index is 0. The van der Waals surface area contributed by atoms with Crippen LogP contribution in [0.15, 0.2) is 18.2 Å². The number of likely N-dealkylation sites (tertiary alicyclic amines) is 1. The average molecular weight is 320 g/mol. The van der Waals surface area contributed by atoms with Crippen molar-refractivity contribution < 1.29 is 9.72 Å². The molecule has 0 spiro atoms. The Hall–Kier alpha value is -1.37. The van der Waals surface area contributed by atoms with E-state index in [4.69, 9.17) is 17.3 Å². The number of carbonyl (C=O) groups excluding carboxylic acids is 1. The number of benzene rings is 1. The molecule has 110 valence electrons. The van der Waals surface area contributed by atoms with Gasteiger partial charge in [0.05, 0.1) is 4.92 Å². The third kappa shape index (κ3) is 3.20. The summed E-state index contributed by atoms with van der Waals surface area (Å²) >= 11 is 5.80. The zero-order chi connectivity index (χ0) is 14.0. The number of nitro benzene ring substituents is 1. The molecule has 1 aromatic carbocycles. The normalized spacial score (nSPS) is 17.7. The van der Waals surface area contributed by atoms with Gasteiger partial charge in [-0.2, -0.15) is 0 Å². The maximum absolute atomic E-state index is 12.3. The highest BCUT2D eigenvalue weighted by Gasteiger charge is 2.31. The molecule has 0 aromatic heterocycles. The molecule has 0 radical (unpaired) electrons. The maximum atomic E-state index is 12.3. The fourth-order valence-corrected chi connectivity index (χ4v) is 2.50. The van der Waals surface area contributed by atoms with Crippen molar-refractivity contribution in [2.24, 2.45) is 11.7 Å². The van der Waals surface area contributed by atoms with Crippen LogP contribution in [0.4, 0.5) is 5.69 Å². The molecule has 2 N–H and O–H groups in total. The van der Waals surface area contributed by atoms with E-state index in [1.54, 1.807) is 11.0 Å². The molecule has 1 heterocycles. The van der Waals surface area contributed by atoms with Gasteiger partial charge in [0.15, 0.2) is 0 Å². The van der Waals surface area contributed by atoms with E-state index in [2.05, 4.69) is 0 Å². The van der Waals surface area contributed by atoms with Gasteiger partial charge in [0.1, 0.15) is 10.6 Å². The smallest absolute Gasteiger partial charge is 0.300 e. The summed E-state index contributed by atoms with van der Waals surface area (Å²) in [6.07, 6.45) is 0.830. The Morgan fingerprint density at radius 3 is 2.80 bits per heavy atom. The molecule has 1 atom stereocenters. The average Bonchev–Trinajstić information content (AvgIpc) is 2.85.